The van der Waals surface area contributed by atoms with Gasteiger partial charge in [0.2, 0.25) is 0 Å². The molecule has 0 radical (unpaired) electrons. The van der Waals surface area contributed by atoms with E-state index in [-0.39, 0.29) is 11.8 Å². The molecule has 35 heavy (non-hydrogen) atoms. The maximum absolute atomic E-state index is 12.9. The molecule has 2 aliphatic heterocycles. The van der Waals surface area contributed by atoms with Gasteiger partial charge < -0.3 is 20.4 Å². The maximum atomic E-state index is 12.9. The van der Waals surface area contributed by atoms with Crippen molar-refractivity contribution in [3.63, 3.8) is 0 Å². The fourth-order valence-corrected chi connectivity index (χ4v) is 4.76. The number of ether oxygens (including phenoxy) is 1. The molecule has 0 atom stereocenters. The summed E-state index contributed by atoms with van der Waals surface area (Å²) in [5.41, 5.74) is 6.06. The first-order valence-corrected chi connectivity index (χ1v) is 12.1. The van der Waals surface area contributed by atoms with Crippen LogP contribution in [0.4, 0.5) is 5.69 Å². The lowest BCUT2D eigenvalue weighted by Gasteiger charge is -2.26. The molecular weight excluding hydrogens is 464 g/mol. The van der Waals surface area contributed by atoms with Crippen LogP contribution in [-0.4, -0.2) is 61.1 Å². The second-order valence-corrected chi connectivity index (χ2v) is 9.14. The zero-order valence-corrected chi connectivity index (χ0v) is 20.2. The van der Waals surface area contributed by atoms with Crippen molar-refractivity contribution in [2.45, 2.75) is 6.92 Å². The third-order valence-electron chi connectivity index (χ3n) is 6.49. The predicted molar refractivity (Wildman–Crippen MR) is 139 cm³/mol. The van der Waals surface area contributed by atoms with Crippen LogP contribution < -0.4 is 10.6 Å². The lowest BCUT2D eigenvalue weighted by atomic mass is 9.94. The molecule has 1 saturated heterocycles. The van der Waals surface area contributed by atoms with E-state index in [9.17, 15) is 9.59 Å². The Bertz CT molecular complexity index is 1310. The number of rotatable bonds is 6. The Morgan fingerprint density at radius 3 is 2.80 bits per heavy atom. The van der Waals surface area contributed by atoms with Crippen molar-refractivity contribution in [2.75, 3.05) is 44.7 Å². The lowest BCUT2D eigenvalue weighted by molar-refractivity contribution is -0.110. The number of carbonyl (C=O) groups is 2. The van der Waals surface area contributed by atoms with Crippen molar-refractivity contribution in [1.29, 1.82) is 0 Å². The Balaban J connectivity index is 1.38. The van der Waals surface area contributed by atoms with E-state index in [1.165, 1.54) is 0 Å². The van der Waals surface area contributed by atoms with Gasteiger partial charge in [0, 0.05) is 54.3 Å². The zero-order chi connectivity index (χ0) is 24.4. The molecule has 0 unspecified atom stereocenters. The van der Waals surface area contributed by atoms with Gasteiger partial charge in [-0.3, -0.25) is 14.5 Å². The molecule has 0 spiro atoms. The van der Waals surface area contributed by atoms with E-state index in [0.29, 0.717) is 22.7 Å². The van der Waals surface area contributed by atoms with E-state index in [2.05, 4.69) is 20.5 Å². The number of aromatic amines is 1. The molecule has 180 valence electrons. The summed E-state index contributed by atoms with van der Waals surface area (Å²) in [7, 11) is 0. The Labute approximate surface area is 209 Å². The topological polar surface area (TPSA) is 86.5 Å². The summed E-state index contributed by atoms with van der Waals surface area (Å²) >= 11 is 6.23. The second-order valence-electron chi connectivity index (χ2n) is 8.70. The highest BCUT2D eigenvalue weighted by Gasteiger charge is 2.28. The summed E-state index contributed by atoms with van der Waals surface area (Å²) in [4.78, 5) is 31.2. The summed E-state index contributed by atoms with van der Waals surface area (Å²) in [5, 5.41) is 6.59. The highest BCUT2D eigenvalue weighted by Crippen LogP contribution is 2.41. The van der Waals surface area contributed by atoms with Crippen LogP contribution in [0.2, 0.25) is 5.02 Å². The lowest BCUT2D eigenvalue weighted by Crippen LogP contribution is -2.41. The molecule has 5 rings (SSSR count). The molecule has 2 amide bonds. The number of morpholine rings is 1. The van der Waals surface area contributed by atoms with E-state index in [0.717, 1.165) is 66.5 Å². The van der Waals surface area contributed by atoms with Crippen LogP contribution in [0.5, 0.6) is 0 Å². The van der Waals surface area contributed by atoms with Crippen molar-refractivity contribution in [2.24, 2.45) is 0 Å². The molecule has 0 bridgehead atoms. The van der Waals surface area contributed by atoms with E-state index in [1.54, 1.807) is 6.20 Å². The van der Waals surface area contributed by atoms with Gasteiger partial charge in [-0.15, -0.1) is 0 Å². The SMILES string of the molecule is Cc1c(C(=O)NCCN2CCOCC2)c[nH]c1C=C1C(=O)Nc2cccc(-c3cccc(Cl)c3)c21. The number of anilines is 1. The average Bonchev–Trinajstić information content (AvgIpc) is 3.39. The van der Waals surface area contributed by atoms with Gasteiger partial charge in [-0.05, 0) is 47.9 Å². The summed E-state index contributed by atoms with van der Waals surface area (Å²) in [6, 6.07) is 13.4. The normalized spacial score (nSPS) is 16.9. The minimum atomic E-state index is -0.181. The molecule has 0 saturated carbocycles. The molecule has 2 aromatic carbocycles. The first-order chi connectivity index (χ1) is 17.0. The Kier molecular flexibility index (Phi) is 6.72. The molecule has 0 aliphatic carbocycles. The highest BCUT2D eigenvalue weighted by atomic mass is 35.5. The Hall–Kier alpha value is -3.39. The molecule has 1 fully saturated rings. The van der Waals surface area contributed by atoms with Gasteiger partial charge in [0.25, 0.3) is 11.8 Å². The monoisotopic (exact) mass is 490 g/mol. The number of fused-ring (bicyclic) bond motifs is 1. The zero-order valence-electron chi connectivity index (χ0n) is 19.5. The number of hydrogen-bond acceptors (Lipinski definition) is 4. The third-order valence-corrected chi connectivity index (χ3v) is 6.73. The largest absolute Gasteiger partial charge is 0.379 e. The van der Waals surface area contributed by atoms with Crippen molar-refractivity contribution >= 4 is 40.8 Å². The van der Waals surface area contributed by atoms with Crippen molar-refractivity contribution in [3.8, 4) is 11.1 Å². The van der Waals surface area contributed by atoms with Crippen LogP contribution >= 0.6 is 11.6 Å². The average molecular weight is 491 g/mol. The fourth-order valence-electron chi connectivity index (χ4n) is 4.57. The number of amides is 2. The van der Waals surface area contributed by atoms with E-state index < -0.39 is 0 Å². The highest BCUT2D eigenvalue weighted by molar-refractivity contribution is 6.36. The molecular formula is C27H27ClN4O3. The second kappa shape index (κ2) is 10.1. The number of nitrogens with one attached hydrogen (secondary N) is 3. The van der Waals surface area contributed by atoms with Crippen molar-refractivity contribution in [3.05, 3.63) is 76.1 Å². The Morgan fingerprint density at radius 2 is 2.00 bits per heavy atom. The third kappa shape index (κ3) is 4.89. The smallest absolute Gasteiger partial charge is 0.256 e. The standard InChI is InChI=1S/C27H27ClN4O3/c1-17-22(26(33)29-8-9-32-10-12-35-13-11-32)16-30-24(17)15-21-25-20(18-4-2-5-19(28)14-18)6-3-7-23(25)31-27(21)34/h2-7,14-16,30H,8-13H2,1H3,(H,29,33)(H,31,34). The van der Waals surface area contributed by atoms with Crippen molar-refractivity contribution in [1.82, 2.24) is 15.2 Å². The predicted octanol–water partition coefficient (Wildman–Crippen LogP) is 4.20. The van der Waals surface area contributed by atoms with Gasteiger partial charge >= 0.3 is 0 Å². The maximum Gasteiger partial charge on any atom is 0.256 e. The Morgan fingerprint density at radius 1 is 1.20 bits per heavy atom. The fraction of sp³-hybridized carbons (Fsp3) is 0.259. The number of aromatic nitrogens is 1. The van der Waals surface area contributed by atoms with Crippen LogP contribution in [0.15, 0.2) is 48.7 Å². The number of hydrogen-bond donors (Lipinski definition) is 3. The quantitative estimate of drug-likeness (QED) is 0.452. The van der Waals surface area contributed by atoms with E-state index in [4.69, 9.17) is 16.3 Å². The minimum Gasteiger partial charge on any atom is -0.379 e. The number of halogens is 1. The van der Waals surface area contributed by atoms with Gasteiger partial charge in [-0.25, -0.2) is 0 Å². The van der Waals surface area contributed by atoms with Crippen LogP contribution in [0.1, 0.15) is 27.2 Å². The van der Waals surface area contributed by atoms with Gasteiger partial charge in [-0.1, -0.05) is 35.9 Å². The first-order valence-electron chi connectivity index (χ1n) is 11.7. The van der Waals surface area contributed by atoms with Crippen LogP contribution in [0, 0.1) is 6.92 Å². The van der Waals surface area contributed by atoms with Crippen LogP contribution in [-0.2, 0) is 9.53 Å². The van der Waals surface area contributed by atoms with Crippen LogP contribution in [0.25, 0.3) is 22.8 Å². The molecule has 3 heterocycles. The minimum absolute atomic E-state index is 0.132. The summed E-state index contributed by atoms with van der Waals surface area (Å²) in [5.74, 6) is -0.312. The van der Waals surface area contributed by atoms with Gasteiger partial charge in [0.05, 0.1) is 24.4 Å². The van der Waals surface area contributed by atoms with Gasteiger partial charge in [0.15, 0.2) is 0 Å². The molecule has 7 nitrogen and oxygen atoms in total. The number of nitrogens with zero attached hydrogens (tertiary/aromatic N) is 1. The number of benzene rings is 2. The number of carbonyl (C=O) groups excluding carboxylic acids is 2. The van der Waals surface area contributed by atoms with E-state index >= 15 is 0 Å². The summed E-state index contributed by atoms with van der Waals surface area (Å²) in [6.45, 7) is 6.49. The van der Waals surface area contributed by atoms with Gasteiger partial charge in [-0.2, -0.15) is 0 Å². The number of H-pyrrole nitrogens is 1. The summed E-state index contributed by atoms with van der Waals surface area (Å²) < 4.78 is 5.36. The van der Waals surface area contributed by atoms with Crippen LogP contribution in [0.3, 0.4) is 0 Å². The molecule has 3 aromatic rings. The molecule has 3 N–H and O–H groups in total. The molecule has 2 aliphatic rings. The first kappa shape index (κ1) is 23.4. The molecule has 1 aromatic heterocycles. The van der Waals surface area contributed by atoms with E-state index in [1.807, 2.05) is 55.5 Å². The molecule has 8 heteroatoms. The van der Waals surface area contributed by atoms with Gasteiger partial charge in [0.1, 0.15) is 0 Å². The van der Waals surface area contributed by atoms with Crippen molar-refractivity contribution < 1.29 is 14.3 Å². The summed E-state index contributed by atoms with van der Waals surface area (Å²) in [6.07, 6.45) is 3.51.